The lowest BCUT2D eigenvalue weighted by molar-refractivity contribution is -0.137. The average molecular weight is 644 g/mol. The summed E-state index contributed by atoms with van der Waals surface area (Å²) in [7, 11) is 0. The molecule has 1 aliphatic rings. The van der Waals surface area contributed by atoms with Crippen LogP contribution >= 0.6 is 0 Å². The van der Waals surface area contributed by atoms with Crippen molar-refractivity contribution in [2.45, 2.75) is 44.9 Å². The lowest BCUT2D eigenvalue weighted by atomic mass is 9.97. The molecule has 4 heterocycles. The fourth-order valence-electron chi connectivity index (χ4n) is 5.78. The largest absolute Gasteiger partial charge is 0.488 e. The first kappa shape index (κ1) is 31.5. The molecule has 1 saturated heterocycles. The number of nitrogens with one attached hydrogen (secondary N) is 1. The molecule has 0 radical (unpaired) electrons. The topological polar surface area (TPSA) is 128 Å². The molecule has 6 rings (SSSR count). The molecule has 0 spiro atoms. The Kier molecular flexibility index (Phi) is 8.79. The number of rotatable bonds is 8. The van der Waals surface area contributed by atoms with Crippen LogP contribution in [0.4, 0.5) is 24.8 Å². The van der Waals surface area contributed by atoms with Crippen LogP contribution < -0.4 is 15.8 Å². The highest BCUT2D eigenvalue weighted by Gasteiger charge is 2.32. The maximum atomic E-state index is 13.3. The summed E-state index contributed by atoms with van der Waals surface area (Å²) in [5.41, 5.74) is 8.08. The number of carbonyl (C=O) groups excluding carboxylic acids is 2. The van der Waals surface area contributed by atoms with Gasteiger partial charge in [-0.1, -0.05) is 37.3 Å². The van der Waals surface area contributed by atoms with Crippen LogP contribution in [0, 0.1) is 0 Å². The Morgan fingerprint density at radius 3 is 2.64 bits per heavy atom. The van der Waals surface area contributed by atoms with Crippen LogP contribution in [0.2, 0.25) is 0 Å². The Labute approximate surface area is 268 Å². The highest BCUT2D eigenvalue weighted by Crippen LogP contribution is 2.39. The third-order valence-electron chi connectivity index (χ3n) is 8.12. The average Bonchev–Trinajstić information content (AvgIpc) is 3.48. The molecule has 47 heavy (non-hydrogen) atoms. The number of ether oxygens (including phenoxy) is 1. The zero-order valence-electron chi connectivity index (χ0n) is 25.5. The highest BCUT2D eigenvalue weighted by molar-refractivity contribution is 6.04. The van der Waals surface area contributed by atoms with Gasteiger partial charge in [0.25, 0.3) is 5.91 Å². The summed E-state index contributed by atoms with van der Waals surface area (Å²) in [6.45, 7) is 3.23. The first-order valence-electron chi connectivity index (χ1n) is 15.2. The summed E-state index contributed by atoms with van der Waals surface area (Å²) in [5.74, 6) is 0.386. The molecule has 1 aliphatic heterocycles. The van der Waals surface area contributed by atoms with Crippen LogP contribution in [-0.2, 0) is 17.6 Å². The highest BCUT2D eigenvalue weighted by atomic mass is 19.4. The van der Waals surface area contributed by atoms with Gasteiger partial charge in [-0.25, -0.2) is 15.0 Å². The molecule has 5 aromatic rings. The molecular formula is C34H32F3N7O3. The maximum absolute atomic E-state index is 13.3. The van der Waals surface area contributed by atoms with E-state index in [1.165, 1.54) is 12.1 Å². The monoisotopic (exact) mass is 643 g/mol. The number of alkyl halides is 3. The Morgan fingerprint density at radius 2 is 1.87 bits per heavy atom. The second-order valence-corrected chi connectivity index (χ2v) is 11.2. The SMILES string of the molecule is CCC(=O)N1CCCC(c2nc(-c3ccc(C(=O)Nc4cc(C(F)(F)F)ccn4)cc3OCc3ccccc3)c3c(N)nccn23)C1. The number of piperidine rings is 1. The predicted octanol–water partition coefficient (Wildman–Crippen LogP) is 6.34. The van der Waals surface area contributed by atoms with Crippen molar-refractivity contribution in [3.63, 3.8) is 0 Å². The molecule has 242 valence electrons. The van der Waals surface area contributed by atoms with Crippen molar-refractivity contribution in [3.8, 4) is 17.0 Å². The van der Waals surface area contributed by atoms with E-state index in [1.54, 1.807) is 18.5 Å². The molecule has 1 unspecified atom stereocenters. The first-order valence-corrected chi connectivity index (χ1v) is 15.2. The lowest BCUT2D eigenvalue weighted by Crippen LogP contribution is -2.39. The van der Waals surface area contributed by atoms with E-state index in [0.29, 0.717) is 42.0 Å². The van der Waals surface area contributed by atoms with Gasteiger partial charge >= 0.3 is 6.18 Å². The number of aromatic nitrogens is 4. The van der Waals surface area contributed by atoms with E-state index in [0.717, 1.165) is 42.6 Å². The number of hydrogen-bond acceptors (Lipinski definition) is 7. The fraction of sp³-hybridized carbons (Fsp3) is 0.265. The van der Waals surface area contributed by atoms with Crippen LogP contribution in [0.15, 0.2) is 79.3 Å². The normalized spacial score (nSPS) is 15.1. The summed E-state index contributed by atoms with van der Waals surface area (Å²) in [4.78, 5) is 40.9. The number of carbonyl (C=O) groups is 2. The van der Waals surface area contributed by atoms with Gasteiger partial charge in [0.15, 0.2) is 0 Å². The molecule has 3 aromatic heterocycles. The summed E-state index contributed by atoms with van der Waals surface area (Å²) >= 11 is 0. The Balaban J connectivity index is 1.40. The van der Waals surface area contributed by atoms with Gasteiger partial charge in [0.1, 0.15) is 41.0 Å². The van der Waals surface area contributed by atoms with Gasteiger partial charge in [-0.3, -0.25) is 14.0 Å². The number of nitrogen functional groups attached to an aromatic ring is 1. The molecule has 13 heteroatoms. The molecule has 1 atom stereocenters. The molecule has 0 saturated carbocycles. The number of fused-ring (bicyclic) bond motifs is 1. The number of halogens is 3. The summed E-state index contributed by atoms with van der Waals surface area (Å²) in [6, 6.07) is 15.8. The molecule has 0 bridgehead atoms. The maximum Gasteiger partial charge on any atom is 0.416 e. The number of hydrogen-bond donors (Lipinski definition) is 2. The number of imidazole rings is 1. The molecule has 1 fully saturated rings. The van der Waals surface area contributed by atoms with Crippen LogP contribution in [-0.4, -0.2) is 49.2 Å². The van der Waals surface area contributed by atoms with Crippen molar-refractivity contribution in [3.05, 3.63) is 102 Å². The minimum atomic E-state index is -4.59. The predicted molar refractivity (Wildman–Crippen MR) is 170 cm³/mol. The number of nitrogens with zero attached hydrogens (tertiary/aromatic N) is 5. The Hall–Kier alpha value is -5.46. The van der Waals surface area contributed by atoms with Crippen molar-refractivity contribution >= 4 is 29.0 Å². The zero-order chi connectivity index (χ0) is 33.1. The van der Waals surface area contributed by atoms with Crippen molar-refractivity contribution < 1.29 is 27.5 Å². The van der Waals surface area contributed by atoms with E-state index in [4.69, 9.17) is 15.5 Å². The molecule has 3 N–H and O–H groups in total. The second kappa shape index (κ2) is 13.1. The van der Waals surface area contributed by atoms with Crippen molar-refractivity contribution in [2.24, 2.45) is 0 Å². The summed E-state index contributed by atoms with van der Waals surface area (Å²) in [5, 5.41) is 2.45. The number of nitrogens with two attached hydrogens (primary N) is 1. The van der Waals surface area contributed by atoms with Gasteiger partial charge in [0, 0.05) is 55.1 Å². The van der Waals surface area contributed by atoms with Gasteiger partial charge in [0.05, 0.1) is 5.56 Å². The minimum absolute atomic E-state index is 0.0546. The molecule has 0 aliphatic carbocycles. The minimum Gasteiger partial charge on any atom is -0.488 e. The van der Waals surface area contributed by atoms with Gasteiger partial charge in [-0.2, -0.15) is 13.2 Å². The third kappa shape index (κ3) is 6.74. The van der Waals surface area contributed by atoms with Crippen LogP contribution in [0.25, 0.3) is 16.8 Å². The summed E-state index contributed by atoms with van der Waals surface area (Å²) < 4.78 is 47.9. The Morgan fingerprint density at radius 1 is 1.06 bits per heavy atom. The smallest absolute Gasteiger partial charge is 0.416 e. The number of amides is 2. The van der Waals surface area contributed by atoms with Crippen LogP contribution in [0.1, 0.15) is 59.4 Å². The van der Waals surface area contributed by atoms with E-state index >= 15 is 0 Å². The first-order chi connectivity index (χ1) is 22.6. The molecule has 2 aromatic carbocycles. The van der Waals surface area contributed by atoms with E-state index < -0.39 is 17.6 Å². The van der Waals surface area contributed by atoms with Gasteiger partial charge in [-0.15, -0.1) is 0 Å². The van der Waals surface area contributed by atoms with E-state index in [9.17, 15) is 22.8 Å². The summed E-state index contributed by atoms with van der Waals surface area (Å²) in [6.07, 6.45) is 1.85. The third-order valence-corrected chi connectivity index (χ3v) is 8.12. The van der Waals surface area contributed by atoms with E-state index in [2.05, 4.69) is 15.3 Å². The standard InChI is InChI=1S/C34H32F3N7O3/c1-2-28(45)43-15-6-9-23(19-43)32-42-29(30-31(38)40-14-16-44(30)32)25-11-10-22(17-26(25)47-20-21-7-4-3-5-8-21)33(46)41-27-18-24(12-13-39-27)34(35,36)37/h3-5,7-8,10-14,16-18,23H,2,6,9,15,19-20H2,1H3,(H2,38,40)(H,39,41,46). The van der Waals surface area contributed by atoms with Crippen LogP contribution in [0.3, 0.4) is 0 Å². The van der Waals surface area contributed by atoms with Gasteiger partial charge in [0.2, 0.25) is 5.91 Å². The van der Waals surface area contributed by atoms with Crippen LogP contribution in [0.5, 0.6) is 5.75 Å². The molecular weight excluding hydrogens is 611 g/mol. The quantitative estimate of drug-likeness (QED) is 0.202. The molecule has 10 nitrogen and oxygen atoms in total. The van der Waals surface area contributed by atoms with Crippen molar-refractivity contribution in [1.29, 1.82) is 0 Å². The van der Waals surface area contributed by atoms with Gasteiger partial charge in [-0.05, 0) is 48.7 Å². The lowest BCUT2D eigenvalue weighted by Gasteiger charge is -2.32. The van der Waals surface area contributed by atoms with Crippen molar-refractivity contribution in [1.82, 2.24) is 24.3 Å². The van der Waals surface area contributed by atoms with E-state index in [-0.39, 0.29) is 35.6 Å². The van der Waals surface area contributed by atoms with Crippen molar-refractivity contribution in [2.75, 3.05) is 24.1 Å². The van der Waals surface area contributed by atoms with Gasteiger partial charge < -0.3 is 20.7 Å². The van der Waals surface area contributed by atoms with E-state index in [1.807, 2.05) is 46.6 Å². The fourth-order valence-corrected chi connectivity index (χ4v) is 5.78. The number of likely N-dealkylation sites (tertiary alicyclic amines) is 1. The number of anilines is 2. The second-order valence-electron chi connectivity index (χ2n) is 11.2. The Bertz CT molecular complexity index is 1930. The number of pyridine rings is 1. The molecule has 2 amide bonds. The number of benzene rings is 2. The zero-order valence-corrected chi connectivity index (χ0v) is 25.5.